The minimum atomic E-state index is -1.04. The van der Waals surface area contributed by atoms with Crippen molar-refractivity contribution in [2.45, 2.75) is 45.4 Å². The molecule has 0 radical (unpaired) electrons. The van der Waals surface area contributed by atoms with Gasteiger partial charge in [-0.1, -0.05) is 11.3 Å². The van der Waals surface area contributed by atoms with Crippen LogP contribution in [0.2, 0.25) is 0 Å². The van der Waals surface area contributed by atoms with Crippen LogP contribution in [0.5, 0.6) is 5.75 Å². The van der Waals surface area contributed by atoms with Gasteiger partial charge < -0.3 is 19.1 Å². The number of thiophene rings is 1. The highest BCUT2D eigenvalue weighted by Crippen LogP contribution is 2.34. The number of halogens is 1. The molecule has 5 rings (SSSR count). The molecule has 1 saturated heterocycles. The standard InChI is InChI=1S/C28H33FN6O6S/c1-17-23-25(37)34(18(2)24(36)32-11-5-6-12-32)28(38)33(27(23)42-26(17)35-30-9-10-31-35)16-22(41-14-13-39-3)20-15-19(29)7-8-21(20)40-4/h7-10,15,18,22H,5-6,11-14,16H2,1-4H3/t18-,22+/m1/s1. The van der Waals surface area contributed by atoms with Gasteiger partial charge in [0.25, 0.3) is 5.56 Å². The van der Waals surface area contributed by atoms with E-state index >= 15 is 0 Å². The first-order valence-electron chi connectivity index (χ1n) is 13.6. The van der Waals surface area contributed by atoms with E-state index in [-0.39, 0.29) is 31.1 Å². The van der Waals surface area contributed by atoms with Gasteiger partial charge in [0.05, 0.1) is 44.6 Å². The zero-order chi connectivity index (χ0) is 30.0. The third-order valence-corrected chi connectivity index (χ3v) is 8.75. The number of methoxy groups -OCH3 is 2. The van der Waals surface area contributed by atoms with Crippen LogP contribution < -0.4 is 16.0 Å². The summed E-state index contributed by atoms with van der Waals surface area (Å²) < 4.78 is 33.7. The lowest BCUT2D eigenvalue weighted by Crippen LogP contribution is -2.47. The highest BCUT2D eigenvalue weighted by Gasteiger charge is 2.31. The SMILES string of the molecule is COCCO[C@@H](Cn1c(=O)n([C@H](C)C(=O)N2CCCC2)c(=O)c2c(C)c(-n3nccn3)sc21)c1cc(F)ccc1OC. The number of hydrogen-bond donors (Lipinski definition) is 0. The number of fused-ring (bicyclic) bond motifs is 1. The number of rotatable bonds is 11. The molecular weight excluding hydrogens is 567 g/mol. The Morgan fingerprint density at radius 2 is 1.83 bits per heavy atom. The molecule has 1 fully saturated rings. The zero-order valence-electron chi connectivity index (χ0n) is 23.9. The molecule has 1 aliphatic rings. The van der Waals surface area contributed by atoms with E-state index in [2.05, 4.69) is 10.2 Å². The molecule has 1 aliphatic heterocycles. The Hall–Kier alpha value is -3.88. The molecule has 0 bridgehead atoms. The Kier molecular flexibility index (Phi) is 8.85. The highest BCUT2D eigenvalue weighted by atomic mass is 32.1. The van der Waals surface area contributed by atoms with Crippen LogP contribution in [-0.4, -0.2) is 75.5 Å². The Morgan fingerprint density at radius 3 is 2.50 bits per heavy atom. The summed E-state index contributed by atoms with van der Waals surface area (Å²) in [5.41, 5.74) is -0.294. The number of hydrogen-bond acceptors (Lipinski definition) is 9. The van der Waals surface area contributed by atoms with Crippen molar-refractivity contribution >= 4 is 27.5 Å². The molecule has 0 aliphatic carbocycles. The van der Waals surface area contributed by atoms with Crippen molar-refractivity contribution in [3.63, 3.8) is 0 Å². The van der Waals surface area contributed by atoms with Crippen molar-refractivity contribution in [1.82, 2.24) is 29.0 Å². The van der Waals surface area contributed by atoms with Crippen LogP contribution in [0.1, 0.15) is 43.0 Å². The fourth-order valence-corrected chi connectivity index (χ4v) is 6.54. The average molecular weight is 601 g/mol. The lowest BCUT2D eigenvalue weighted by Gasteiger charge is -2.24. The molecule has 3 aromatic heterocycles. The van der Waals surface area contributed by atoms with E-state index in [4.69, 9.17) is 14.2 Å². The number of amides is 1. The second-order valence-electron chi connectivity index (χ2n) is 10.0. The molecule has 4 heterocycles. The van der Waals surface area contributed by atoms with Crippen molar-refractivity contribution in [3.8, 4) is 10.8 Å². The van der Waals surface area contributed by atoms with Crippen LogP contribution in [0.4, 0.5) is 4.39 Å². The number of likely N-dealkylation sites (tertiary alicyclic amines) is 1. The molecule has 4 aromatic rings. The first kappa shape index (κ1) is 29.6. The number of ether oxygens (including phenoxy) is 3. The van der Waals surface area contributed by atoms with E-state index < -0.39 is 29.2 Å². The molecule has 0 unspecified atom stereocenters. The predicted molar refractivity (Wildman–Crippen MR) is 154 cm³/mol. The third-order valence-electron chi connectivity index (χ3n) is 7.47. The van der Waals surface area contributed by atoms with Crippen LogP contribution >= 0.6 is 11.3 Å². The first-order chi connectivity index (χ1) is 20.3. The van der Waals surface area contributed by atoms with Crippen LogP contribution in [0.25, 0.3) is 15.2 Å². The minimum absolute atomic E-state index is 0.101. The summed E-state index contributed by atoms with van der Waals surface area (Å²) in [5, 5.41) is 9.26. The van der Waals surface area contributed by atoms with E-state index in [1.54, 1.807) is 18.7 Å². The molecule has 0 spiro atoms. The van der Waals surface area contributed by atoms with Crippen molar-refractivity contribution in [1.29, 1.82) is 0 Å². The second-order valence-corrected chi connectivity index (χ2v) is 11.0. The summed E-state index contributed by atoms with van der Waals surface area (Å²) in [6.45, 7) is 4.79. The number of aromatic nitrogens is 5. The van der Waals surface area contributed by atoms with Gasteiger partial charge in [-0.05, 0) is 44.9 Å². The monoisotopic (exact) mass is 600 g/mol. The normalized spacial score (nSPS) is 14.9. The van der Waals surface area contributed by atoms with Gasteiger partial charge in [0.15, 0.2) is 0 Å². The summed E-state index contributed by atoms with van der Waals surface area (Å²) >= 11 is 1.18. The molecule has 42 heavy (non-hydrogen) atoms. The zero-order valence-corrected chi connectivity index (χ0v) is 24.7. The summed E-state index contributed by atoms with van der Waals surface area (Å²) in [6.07, 6.45) is 3.91. The second kappa shape index (κ2) is 12.5. The molecule has 0 N–H and O–H groups in total. The van der Waals surface area contributed by atoms with Crippen molar-refractivity contribution in [2.24, 2.45) is 0 Å². The summed E-state index contributed by atoms with van der Waals surface area (Å²) in [7, 11) is 2.99. The van der Waals surface area contributed by atoms with Gasteiger partial charge in [-0.15, -0.1) is 4.80 Å². The van der Waals surface area contributed by atoms with Crippen LogP contribution in [0, 0.1) is 12.7 Å². The molecule has 0 saturated carbocycles. The fraction of sp³-hybridized carbons (Fsp3) is 0.464. The maximum atomic E-state index is 14.5. The Morgan fingerprint density at radius 1 is 1.12 bits per heavy atom. The van der Waals surface area contributed by atoms with Gasteiger partial charge in [-0.3, -0.25) is 14.2 Å². The van der Waals surface area contributed by atoms with Crippen LogP contribution in [-0.2, 0) is 20.8 Å². The van der Waals surface area contributed by atoms with Crippen molar-refractivity contribution in [3.05, 3.63) is 68.4 Å². The largest absolute Gasteiger partial charge is 0.496 e. The molecule has 1 amide bonds. The quantitative estimate of drug-likeness (QED) is 0.241. The summed E-state index contributed by atoms with van der Waals surface area (Å²) in [4.78, 5) is 45.1. The maximum Gasteiger partial charge on any atom is 0.332 e. The molecule has 14 heteroatoms. The van der Waals surface area contributed by atoms with Gasteiger partial charge in [0.2, 0.25) is 5.91 Å². The fourth-order valence-electron chi connectivity index (χ4n) is 5.32. The molecule has 224 valence electrons. The Bertz CT molecular complexity index is 1690. The van der Waals surface area contributed by atoms with E-state index in [1.165, 1.54) is 65.5 Å². The van der Waals surface area contributed by atoms with E-state index in [0.29, 0.717) is 39.8 Å². The lowest BCUT2D eigenvalue weighted by molar-refractivity contribution is -0.133. The summed E-state index contributed by atoms with van der Waals surface area (Å²) in [5.74, 6) is -0.422. The molecule has 1 aromatic carbocycles. The van der Waals surface area contributed by atoms with Gasteiger partial charge in [-0.25, -0.2) is 13.8 Å². The van der Waals surface area contributed by atoms with E-state index in [0.717, 1.165) is 17.4 Å². The van der Waals surface area contributed by atoms with E-state index in [1.807, 2.05) is 0 Å². The lowest BCUT2D eigenvalue weighted by atomic mass is 10.1. The number of carbonyl (C=O) groups excluding carboxylic acids is 1. The summed E-state index contributed by atoms with van der Waals surface area (Å²) in [6, 6.07) is 3.02. The third kappa shape index (κ3) is 5.49. The first-order valence-corrected chi connectivity index (χ1v) is 14.5. The van der Waals surface area contributed by atoms with Crippen LogP contribution in [0.15, 0.2) is 40.2 Å². The smallest absolute Gasteiger partial charge is 0.332 e. The predicted octanol–water partition coefficient (Wildman–Crippen LogP) is 2.85. The number of aryl methyl sites for hydroxylation is 1. The van der Waals surface area contributed by atoms with Gasteiger partial charge >= 0.3 is 5.69 Å². The Labute approximate surface area is 244 Å². The number of nitrogens with zero attached hydrogens (tertiary/aromatic N) is 6. The minimum Gasteiger partial charge on any atom is -0.496 e. The highest BCUT2D eigenvalue weighted by molar-refractivity contribution is 7.21. The van der Waals surface area contributed by atoms with Gasteiger partial charge in [0.1, 0.15) is 33.5 Å². The van der Waals surface area contributed by atoms with E-state index in [9.17, 15) is 18.8 Å². The Balaban J connectivity index is 1.72. The average Bonchev–Trinajstić information content (AvgIpc) is 3.76. The number of carbonyl (C=O) groups is 1. The van der Waals surface area contributed by atoms with Crippen molar-refractivity contribution < 1.29 is 23.4 Å². The molecule has 12 nitrogen and oxygen atoms in total. The van der Waals surface area contributed by atoms with Crippen molar-refractivity contribution in [2.75, 3.05) is 40.5 Å². The van der Waals surface area contributed by atoms with Gasteiger partial charge in [0, 0.05) is 31.3 Å². The van der Waals surface area contributed by atoms with Gasteiger partial charge in [-0.2, -0.15) is 10.2 Å². The number of benzene rings is 1. The molecule has 2 atom stereocenters. The maximum absolute atomic E-state index is 14.5. The van der Waals surface area contributed by atoms with Crippen LogP contribution in [0.3, 0.4) is 0 Å². The molecular formula is C28H33FN6O6S. The topological polar surface area (TPSA) is 123 Å².